The summed E-state index contributed by atoms with van der Waals surface area (Å²) in [5, 5.41) is 0. The Morgan fingerprint density at radius 3 is 2.08 bits per heavy atom. The fraction of sp³-hybridized carbons (Fsp3) is 0.250. The van der Waals surface area contributed by atoms with Crippen molar-refractivity contribution in [2.24, 2.45) is 0 Å². The second-order valence-electron chi connectivity index (χ2n) is 2.60. The molecule has 1 aromatic carbocycles. The molecule has 0 heterocycles. The first-order valence-corrected chi connectivity index (χ1v) is 4.63. The molecule has 0 aliphatic heterocycles. The molecule has 0 amide bonds. The van der Waals surface area contributed by atoms with Crippen LogP contribution in [0.2, 0.25) is 0 Å². The van der Waals surface area contributed by atoms with Crippen molar-refractivity contribution in [3.63, 3.8) is 0 Å². The molecule has 4 N–H and O–H groups in total. The van der Waals surface area contributed by atoms with Gasteiger partial charge >= 0.3 is 0 Å². The van der Waals surface area contributed by atoms with Crippen LogP contribution < -0.4 is 11.5 Å². The van der Waals surface area contributed by atoms with Crippen LogP contribution in [0.5, 0.6) is 0 Å². The molecule has 0 bridgehead atoms. The van der Waals surface area contributed by atoms with Crippen LogP contribution in [0, 0.1) is 0 Å². The highest BCUT2D eigenvalue weighted by atomic mass is 32.2. The van der Waals surface area contributed by atoms with Crippen molar-refractivity contribution in [1.82, 2.24) is 0 Å². The zero-order chi connectivity index (χ0) is 9.14. The fourth-order valence-corrected chi connectivity index (χ4v) is 1.41. The molecular formula is C8H12N2S2. The largest absolute Gasteiger partial charge is 0.398 e. The van der Waals surface area contributed by atoms with Crippen LogP contribution in [0.15, 0.2) is 18.2 Å². The number of nitrogen functional groups attached to an aromatic ring is 2. The molecule has 0 saturated carbocycles. The van der Waals surface area contributed by atoms with E-state index in [9.17, 15) is 0 Å². The van der Waals surface area contributed by atoms with E-state index in [1.165, 1.54) is 0 Å². The van der Waals surface area contributed by atoms with E-state index in [0.717, 1.165) is 5.56 Å². The van der Waals surface area contributed by atoms with Crippen molar-refractivity contribution in [1.29, 1.82) is 0 Å². The number of hydrogen-bond donors (Lipinski definition) is 4. The summed E-state index contributed by atoms with van der Waals surface area (Å²) in [5.41, 5.74) is 13.8. The number of rotatable bonds is 2. The van der Waals surface area contributed by atoms with Crippen LogP contribution in [0.1, 0.15) is 5.56 Å². The van der Waals surface area contributed by atoms with E-state index in [1.807, 2.05) is 18.2 Å². The van der Waals surface area contributed by atoms with Gasteiger partial charge in [0.25, 0.3) is 0 Å². The molecular weight excluding hydrogens is 188 g/mol. The number of hydrogen-bond acceptors (Lipinski definition) is 4. The zero-order valence-corrected chi connectivity index (χ0v) is 8.35. The first kappa shape index (κ1) is 9.61. The van der Waals surface area contributed by atoms with Gasteiger partial charge < -0.3 is 11.5 Å². The summed E-state index contributed by atoms with van der Waals surface area (Å²) in [4.78, 5) is 0. The normalized spacial score (nSPS) is 10.6. The molecule has 1 rings (SSSR count). The Morgan fingerprint density at radius 2 is 1.67 bits per heavy atom. The SMILES string of the molecule is Nc1cccc(N)c1CC(S)S. The van der Waals surface area contributed by atoms with Gasteiger partial charge in [-0.05, 0) is 24.1 Å². The molecule has 0 saturated heterocycles. The predicted molar refractivity (Wildman–Crippen MR) is 60.7 cm³/mol. The molecule has 0 spiro atoms. The van der Waals surface area contributed by atoms with E-state index < -0.39 is 0 Å². The summed E-state index contributed by atoms with van der Waals surface area (Å²) in [6, 6.07) is 5.49. The minimum absolute atomic E-state index is 0.0167. The van der Waals surface area contributed by atoms with E-state index in [2.05, 4.69) is 25.3 Å². The minimum atomic E-state index is -0.0167. The third-order valence-electron chi connectivity index (χ3n) is 1.64. The maximum atomic E-state index is 5.72. The number of nitrogens with two attached hydrogens (primary N) is 2. The molecule has 0 fully saturated rings. The Labute approximate surface area is 83.2 Å². The van der Waals surface area contributed by atoms with Crippen molar-refractivity contribution < 1.29 is 0 Å². The summed E-state index contributed by atoms with van der Waals surface area (Å²) in [6.45, 7) is 0. The van der Waals surface area contributed by atoms with Crippen molar-refractivity contribution in [2.75, 3.05) is 11.5 Å². The Bertz CT molecular complexity index is 254. The quantitative estimate of drug-likeness (QED) is 0.333. The highest BCUT2D eigenvalue weighted by Gasteiger charge is 2.05. The molecule has 0 aromatic heterocycles. The first-order valence-electron chi connectivity index (χ1n) is 3.60. The number of anilines is 2. The van der Waals surface area contributed by atoms with Crippen molar-refractivity contribution in [3.05, 3.63) is 23.8 Å². The summed E-state index contributed by atoms with van der Waals surface area (Å²) < 4.78 is -0.0167. The van der Waals surface area contributed by atoms with E-state index in [0.29, 0.717) is 17.8 Å². The number of benzene rings is 1. The Kier molecular flexibility index (Phi) is 3.17. The van der Waals surface area contributed by atoms with Crippen LogP contribution in [-0.2, 0) is 6.42 Å². The highest BCUT2D eigenvalue weighted by Crippen LogP contribution is 2.22. The monoisotopic (exact) mass is 200 g/mol. The zero-order valence-electron chi connectivity index (χ0n) is 6.57. The lowest BCUT2D eigenvalue weighted by atomic mass is 10.1. The lowest BCUT2D eigenvalue weighted by Gasteiger charge is -2.09. The second-order valence-corrected chi connectivity index (χ2v) is 4.25. The van der Waals surface area contributed by atoms with Gasteiger partial charge in [0.2, 0.25) is 0 Å². The molecule has 12 heavy (non-hydrogen) atoms. The predicted octanol–water partition coefficient (Wildman–Crippen LogP) is 1.58. The smallest absolute Gasteiger partial charge is 0.0484 e. The molecule has 0 radical (unpaired) electrons. The van der Waals surface area contributed by atoms with Gasteiger partial charge in [-0.3, -0.25) is 0 Å². The average molecular weight is 200 g/mol. The fourth-order valence-electron chi connectivity index (χ4n) is 1.04. The molecule has 4 heteroatoms. The molecule has 2 nitrogen and oxygen atoms in total. The van der Waals surface area contributed by atoms with Crippen LogP contribution >= 0.6 is 25.3 Å². The molecule has 0 aliphatic carbocycles. The van der Waals surface area contributed by atoms with Crippen molar-refractivity contribution in [2.45, 2.75) is 11.0 Å². The van der Waals surface area contributed by atoms with Crippen LogP contribution in [0.25, 0.3) is 0 Å². The van der Waals surface area contributed by atoms with E-state index >= 15 is 0 Å². The molecule has 66 valence electrons. The van der Waals surface area contributed by atoms with E-state index in [-0.39, 0.29) is 4.58 Å². The minimum Gasteiger partial charge on any atom is -0.398 e. The van der Waals surface area contributed by atoms with Crippen molar-refractivity contribution >= 4 is 36.6 Å². The highest BCUT2D eigenvalue weighted by molar-refractivity contribution is 7.99. The van der Waals surface area contributed by atoms with E-state index in [1.54, 1.807) is 0 Å². The van der Waals surface area contributed by atoms with Gasteiger partial charge in [-0.15, -0.1) is 0 Å². The molecule has 0 aliphatic rings. The third kappa shape index (κ3) is 2.25. The number of thiol groups is 2. The van der Waals surface area contributed by atoms with Crippen LogP contribution in [0.4, 0.5) is 11.4 Å². The summed E-state index contributed by atoms with van der Waals surface area (Å²) in [7, 11) is 0. The van der Waals surface area contributed by atoms with Gasteiger partial charge in [-0.25, -0.2) is 0 Å². The molecule has 1 aromatic rings. The third-order valence-corrected chi connectivity index (χ3v) is 2.00. The summed E-state index contributed by atoms with van der Waals surface area (Å²) in [6.07, 6.45) is 0.685. The standard InChI is InChI=1S/C8H12N2S2/c9-6-2-1-3-7(10)5(6)4-8(11)12/h1-3,8,11-12H,4,9-10H2. The average Bonchev–Trinajstić information content (AvgIpc) is 1.97. The van der Waals surface area contributed by atoms with Crippen molar-refractivity contribution in [3.8, 4) is 0 Å². The summed E-state index contributed by atoms with van der Waals surface area (Å²) >= 11 is 8.31. The Morgan fingerprint density at radius 1 is 1.17 bits per heavy atom. The lowest BCUT2D eigenvalue weighted by Crippen LogP contribution is -2.03. The maximum Gasteiger partial charge on any atom is 0.0484 e. The van der Waals surface area contributed by atoms with Gasteiger partial charge in [0.05, 0.1) is 0 Å². The van der Waals surface area contributed by atoms with Gasteiger partial charge in [-0.1, -0.05) is 6.07 Å². The first-order chi connectivity index (χ1) is 5.61. The van der Waals surface area contributed by atoms with Crippen LogP contribution in [-0.4, -0.2) is 4.58 Å². The second kappa shape index (κ2) is 3.96. The molecule has 0 atom stereocenters. The van der Waals surface area contributed by atoms with Gasteiger partial charge in [0.15, 0.2) is 0 Å². The van der Waals surface area contributed by atoms with Gasteiger partial charge in [0.1, 0.15) is 0 Å². The Balaban J connectivity index is 2.96. The Hall–Kier alpha value is -0.480. The molecule has 0 unspecified atom stereocenters. The topological polar surface area (TPSA) is 52.0 Å². The van der Waals surface area contributed by atoms with Crippen LogP contribution in [0.3, 0.4) is 0 Å². The van der Waals surface area contributed by atoms with Gasteiger partial charge in [0, 0.05) is 16.0 Å². The lowest BCUT2D eigenvalue weighted by molar-refractivity contribution is 1.13. The van der Waals surface area contributed by atoms with Gasteiger partial charge in [-0.2, -0.15) is 25.3 Å². The maximum absolute atomic E-state index is 5.72. The summed E-state index contributed by atoms with van der Waals surface area (Å²) in [5.74, 6) is 0. The van der Waals surface area contributed by atoms with E-state index in [4.69, 9.17) is 11.5 Å².